The lowest BCUT2D eigenvalue weighted by atomic mass is 10.1. The first-order valence-corrected chi connectivity index (χ1v) is 10.7. The maximum atomic E-state index is 12.6. The Morgan fingerprint density at radius 1 is 1.24 bits per heavy atom. The van der Waals surface area contributed by atoms with Crippen LogP contribution in [0.4, 0.5) is 13.2 Å². The molecule has 0 atom stereocenters. The minimum absolute atomic E-state index is 0. The number of sulfonamides is 1. The minimum Gasteiger partial charge on any atom is -0.357 e. The first-order chi connectivity index (χ1) is 13.1. The van der Waals surface area contributed by atoms with Gasteiger partial charge >= 0.3 is 6.18 Å². The van der Waals surface area contributed by atoms with Gasteiger partial charge in [0, 0.05) is 18.5 Å². The highest BCUT2D eigenvalue weighted by atomic mass is 127. The molecular formula is C16H21F3IN5O2S2. The molecule has 0 aliphatic rings. The van der Waals surface area contributed by atoms with Crippen molar-refractivity contribution in [2.24, 2.45) is 10.1 Å². The SMILES string of the molecule is CCNC(=NCc1nc(C(F)(F)F)cs1)NCCc1ccc(S(N)(=O)=O)cc1.I. The molecular weight excluding hydrogens is 542 g/mol. The molecule has 1 aromatic heterocycles. The fourth-order valence-electron chi connectivity index (χ4n) is 2.17. The predicted molar refractivity (Wildman–Crippen MR) is 117 cm³/mol. The summed E-state index contributed by atoms with van der Waals surface area (Å²) in [6, 6.07) is 6.20. The van der Waals surface area contributed by atoms with E-state index in [1.165, 1.54) is 12.1 Å². The number of thiazole rings is 1. The predicted octanol–water partition coefficient (Wildman–Crippen LogP) is 2.73. The van der Waals surface area contributed by atoms with E-state index in [9.17, 15) is 21.6 Å². The van der Waals surface area contributed by atoms with E-state index in [-0.39, 0.29) is 40.4 Å². The van der Waals surface area contributed by atoms with Crippen LogP contribution < -0.4 is 15.8 Å². The van der Waals surface area contributed by atoms with Crippen LogP contribution >= 0.6 is 35.3 Å². The zero-order valence-corrected chi connectivity index (χ0v) is 19.3. The van der Waals surface area contributed by atoms with Crippen LogP contribution in [-0.2, 0) is 29.2 Å². The Bertz CT molecular complexity index is 915. The number of aliphatic imine (C=N–C) groups is 1. The number of nitrogens with two attached hydrogens (primary N) is 1. The Morgan fingerprint density at radius 3 is 2.41 bits per heavy atom. The van der Waals surface area contributed by atoms with Gasteiger partial charge in [-0.25, -0.2) is 23.5 Å². The third kappa shape index (κ3) is 8.44. The van der Waals surface area contributed by atoms with Crippen LogP contribution in [0.15, 0.2) is 39.5 Å². The standard InChI is InChI=1S/C16H20F3N5O2S2.HI/c1-2-21-15(23-9-14-24-13(10-27-14)16(17,18)19)22-8-7-11-3-5-12(6-4-11)28(20,25)26;/h3-6,10H,2,7-9H2,1H3,(H2,20,25,26)(H2,21,22,23);1H. The number of alkyl halides is 3. The maximum Gasteiger partial charge on any atom is 0.434 e. The molecule has 0 bridgehead atoms. The first kappa shape index (κ1) is 25.6. The van der Waals surface area contributed by atoms with Crippen LogP contribution in [0.5, 0.6) is 0 Å². The lowest BCUT2D eigenvalue weighted by Gasteiger charge is -2.11. The van der Waals surface area contributed by atoms with Crippen LogP contribution in [0.25, 0.3) is 0 Å². The summed E-state index contributed by atoms with van der Waals surface area (Å²) in [5, 5.41) is 12.4. The molecule has 0 aliphatic carbocycles. The van der Waals surface area contributed by atoms with E-state index in [0.717, 1.165) is 22.3 Å². The van der Waals surface area contributed by atoms with E-state index in [1.807, 2.05) is 6.92 Å². The summed E-state index contributed by atoms with van der Waals surface area (Å²) >= 11 is 0.907. The van der Waals surface area contributed by atoms with Crippen molar-refractivity contribution in [3.05, 3.63) is 45.9 Å². The van der Waals surface area contributed by atoms with Crippen LogP contribution in [0, 0.1) is 0 Å². The van der Waals surface area contributed by atoms with E-state index in [1.54, 1.807) is 12.1 Å². The molecule has 0 amide bonds. The van der Waals surface area contributed by atoms with Crippen molar-refractivity contribution in [3.8, 4) is 0 Å². The van der Waals surface area contributed by atoms with Gasteiger partial charge in [0.05, 0.1) is 11.4 Å². The second kappa shape index (κ2) is 11.1. The van der Waals surface area contributed by atoms with Gasteiger partial charge in [-0.05, 0) is 31.0 Å². The van der Waals surface area contributed by atoms with Crippen LogP contribution in [0.3, 0.4) is 0 Å². The second-order valence-corrected chi connectivity index (χ2v) is 8.19. The number of guanidine groups is 1. The summed E-state index contributed by atoms with van der Waals surface area (Å²) in [7, 11) is -3.72. The highest BCUT2D eigenvalue weighted by Gasteiger charge is 2.33. The zero-order chi connectivity index (χ0) is 20.8. The number of aromatic nitrogens is 1. The average Bonchev–Trinajstić information content (AvgIpc) is 3.09. The van der Waals surface area contributed by atoms with Crippen LogP contribution in [0.1, 0.15) is 23.2 Å². The molecule has 0 saturated heterocycles. The zero-order valence-electron chi connectivity index (χ0n) is 15.4. The summed E-state index contributed by atoms with van der Waals surface area (Å²) in [4.78, 5) is 7.82. The smallest absolute Gasteiger partial charge is 0.357 e. The third-order valence-electron chi connectivity index (χ3n) is 3.52. The molecule has 162 valence electrons. The number of hydrogen-bond acceptors (Lipinski definition) is 5. The average molecular weight is 563 g/mol. The minimum atomic E-state index is -4.46. The number of halogens is 4. The van der Waals surface area contributed by atoms with E-state index in [4.69, 9.17) is 5.14 Å². The van der Waals surface area contributed by atoms with Crippen LogP contribution in [0.2, 0.25) is 0 Å². The van der Waals surface area contributed by atoms with E-state index in [0.29, 0.717) is 25.5 Å². The lowest BCUT2D eigenvalue weighted by Crippen LogP contribution is -2.38. The van der Waals surface area contributed by atoms with Crippen molar-refractivity contribution in [1.82, 2.24) is 15.6 Å². The summed E-state index contributed by atoms with van der Waals surface area (Å²) in [6.45, 7) is 2.97. The van der Waals surface area contributed by atoms with Gasteiger partial charge in [-0.3, -0.25) is 0 Å². The van der Waals surface area contributed by atoms with Gasteiger partial charge in [-0.2, -0.15) is 13.2 Å². The third-order valence-corrected chi connectivity index (χ3v) is 5.28. The second-order valence-electron chi connectivity index (χ2n) is 5.69. The van der Waals surface area contributed by atoms with Gasteiger partial charge in [0.25, 0.3) is 0 Å². The Labute approximate surface area is 188 Å². The Morgan fingerprint density at radius 2 is 1.90 bits per heavy atom. The van der Waals surface area contributed by atoms with E-state index >= 15 is 0 Å². The lowest BCUT2D eigenvalue weighted by molar-refractivity contribution is -0.140. The number of nitrogens with one attached hydrogen (secondary N) is 2. The molecule has 1 aromatic carbocycles. The van der Waals surface area contributed by atoms with Crippen molar-refractivity contribution in [2.45, 2.75) is 31.0 Å². The number of nitrogens with zero attached hydrogens (tertiary/aromatic N) is 2. The first-order valence-electron chi connectivity index (χ1n) is 8.25. The fraction of sp³-hybridized carbons (Fsp3) is 0.375. The molecule has 0 aliphatic heterocycles. The van der Waals surface area contributed by atoms with Gasteiger partial charge in [0.2, 0.25) is 10.0 Å². The van der Waals surface area contributed by atoms with Gasteiger partial charge in [0.15, 0.2) is 11.7 Å². The van der Waals surface area contributed by atoms with Crippen molar-refractivity contribution in [2.75, 3.05) is 13.1 Å². The van der Waals surface area contributed by atoms with Crippen molar-refractivity contribution < 1.29 is 21.6 Å². The van der Waals surface area contributed by atoms with Crippen molar-refractivity contribution >= 4 is 51.3 Å². The summed E-state index contributed by atoms with van der Waals surface area (Å²) in [5.41, 5.74) is -0.0194. The van der Waals surface area contributed by atoms with Gasteiger partial charge in [-0.1, -0.05) is 12.1 Å². The molecule has 13 heteroatoms. The maximum absolute atomic E-state index is 12.6. The largest absolute Gasteiger partial charge is 0.434 e. The number of rotatable bonds is 7. The highest BCUT2D eigenvalue weighted by molar-refractivity contribution is 14.0. The summed E-state index contributed by atoms with van der Waals surface area (Å²) in [5.74, 6) is 0.451. The van der Waals surface area contributed by atoms with Gasteiger partial charge in [0.1, 0.15) is 5.01 Å². The van der Waals surface area contributed by atoms with Crippen molar-refractivity contribution in [1.29, 1.82) is 0 Å². The molecule has 0 radical (unpaired) electrons. The normalized spacial score (nSPS) is 12.4. The number of hydrogen-bond donors (Lipinski definition) is 3. The summed E-state index contributed by atoms with van der Waals surface area (Å²) < 4.78 is 60.2. The molecule has 1 heterocycles. The Balaban J connectivity index is 0.00000420. The van der Waals surface area contributed by atoms with E-state index in [2.05, 4.69) is 20.6 Å². The topological polar surface area (TPSA) is 109 Å². The Hall–Kier alpha value is -1.45. The molecule has 0 saturated carbocycles. The fourth-order valence-corrected chi connectivity index (χ4v) is 3.41. The number of primary sulfonamides is 1. The molecule has 2 aromatic rings. The number of benzene rings is 1. The van der Waals surface area contributed by atoms with Gasteiger partial charge < -0.3 is 10.6 Å². The molecule has 4 N–H and O–H groups in total. The summed E-state index contributed by atoms with van der Waals surface area (Å²) in [6.07, 6.45) is -3.87. The molecule has 0 fully saturated rings. The van der Waals surface area contributed by atoms with E-state index < -0.39 is 21.9 Å². The highest BCUT2D eigenvalue weighted by Crippen LogP contribution is 2.30. The molecule has 29 heavy (non-hydrogen) atoms. The Kier molecular flexibility index (Phi) is 9.78. The molecule has 7 nitrogen and oxygen atoms in total. The van der Waals surface area contributed by atoms with Crippen molar-refractivity contribution in [3.63, 3.8) is 0 Å². The monoisotopic (exact) mass is 563 g/mol. The molecule has 2 rings (SSSR count). The van der Waals surface area contributed by atoms with Gasteiger partial charge in [-0.15, -0.1) is 35.3 Å². The molecule has 0 unspecified atom stereocenters. The molecule has 0 spiro atoms. The van der Waals surface area contributed by atoms with Crippen LogP contribution in [-0.4, -0.2) is 32.5 Å². The quantitative estimate of drug-likeness (QED) is 0.273.